The fraction of sp³-hybridized carbons (Fsp3) is 0.231. The van der Waals surface area contributed by atoms with Crippen LogP contribution in [-0.2, 0) is 11.4 Å². The zero-order valence-corrected chi connectivity index (χ0v) is 22.0. The van der Waals surface area contributed by atoms with E-state index in [0.29, 0.717) is 57.6 Å². The summed E-state index contributed by atoms with van der Waals surface area (Å²) in [6.07, 6.45) is 5.71. The van der Waals surface area contributed by atoms with Gasteiger partial charge in [-0.3, -0.25) is 9.78 Å². The Morgan fingerprint density at radius 3 is 2.73 bits per heavy atom. The summed E-state index contributed by atoms with van der Waals surface area (Å²) < 4.78 is 11.3. The van der Waals surface area contributed by atoms with Crippen molar-refractivity contribution in [2.75, 3.05) is 29.8 Å². The molecule has 37 heavy (non-hydrogen) atoms. The number of pyridine rings is 1. The molecule has 2 aromatic carbocycles. The Hall–Kier alpha value is -3.60. The molecule has 1 unspecified atom stereocenters. The van der Waals surface area contributed by atoms with Crippen LogP contribution in [0.3, 0.4) is 0 Å². The van der Waals surface area contributed by atoms with Gasteiger partial charge in [-0.25, -0.2) is 9.97 Å². The van der Waals surface area contributed by atoms with Gasteiger partial charge in [0.25, 0.3) is 0 Å². The molecule has 0 aliphatic carbocycles. The number of rotatable bonds is 11. The number of fused-ring (bicyclic) bond motifs is 1. The molecule has 4 aromatic rings. The SMILES string of the molecule is COc1cc2ncnc(Nc3ccc(OCc4ccccn4)c(Cl)c3)c2cc1NC(=O)C(N)CCSC. The summed E-state index contributed by atoms with van der Waals surface area (Å²) in [5.74, 6) is 2.05. The summed E-state index contributed by atoms with van der Waals surface area (Å²) in [6.45, 7) is 0.307. The lowest BCUT2D eigenvalue weighted by molar-refractivity contribution is -0.117. The van der Waals surface area contributed by atoms with Crippen LogP contribution in [0, 0.1) is 0 Å². The zero-order chi connectivity index (χ0) is 26.2. The van der Waals surface area contributed by atoms with E-state index in [1.807, 2.05) is 30.5 Å². The van der Waals surface area contributed by atoms with Crippen LogP contribution >= 0.6 is 23.4 Å². The van der Waals surface area contributed by atoms with E-state index >= 15 is 0 Å². The molecule has 192 valence electrons. The third kappa shape index (κ3) is 6.79. The van der Waals surface area contributed by atoms with Crippen LogP contribution in [0.4, 0.5) is 17.2 Å². The number of halogens is 1. The van der Waals surface area contributed by atoms with Gasteiger partial charge < -0.3 is 25.8 Å². The average Bonchev–Trinajstić information content (AvgIpc) is 2.91. The number of hydrogen-bond acceptors (Lipinski definition) is 9. The molecule has 1 amide bonds. The number of hydrogen-bond donors (Lipinski definition) is 3. The number of aromatic nitrogens is 3. The monoisotopic (exact) mass is 538 g/mol. The number of anilines is 3. The van der Waals surface area contributed by atoms with Gasteiger partial charge in [0.05, 0.1) is 35.1 Å². The number of carbonyl (C=O) groups excluding carboxylic acids is 1. The molecule has 0 bridgehead atoms. The number of carbonyl (C=O) groups is 1. The Morgan fingerprint density at radius 1 is 1.14 bits per heavy atom. The highest BCUT2D eigenvalue weighted by molar-refractivity contribution is 7.98. The summed E-state index contributed by atoms with van der Waals surface area (Å²) in [7, 11) is 1.53. The molecule has 4 rings (SSSR count). The number of methoxy groups -OCH3 is 1. The first-order valence-electron chi connectivity index (χ1n) is 11.5. The lowest BCUT2D eigenvalue weighted by Crippen LogP contribution is -2.36. The molecule has 11 heteroatoms. The molecule has 0 radical (unpaired) electrons. The van der Waals surface area contributed by atoms with Crippen molar-refractivity contribution in [3.63, 3.8) is 0 Å². The second-order valence-electron chi connectivity index (χ2n) is 8.05. The number of nitrogens with one attached hydrogen (secondary N) is 2. The van der Waals surface area contributed by atoms with Crippen LogP contribution in [0.5, 0.6) is 11.5 Å². The number of nitrogens with zero attached hydrogens (tertiary/aromatic N) is 3. The lowest BCUT2D eigenvalue weighted by atomic mass is 10.1. The summed E-state index contributed by atoms with van der Waals surface area (Å²) in [5.41, 5.74) is 8.67. The second kappa shape index (κ2) is 12.6. The van der Waals surface area contributed by atoms with Crippen molar-refractivity contribution in [1.82, 2.24) is 15.0 Å². The first kappa shape index (κ1) is 26.5. The molecule has 0 aliphatic rings. The summed E-state index contributed by atoms with van der Waals surface area (Å²) in [6, 6.07) is 13.9. The van der Waals surface area contributed by atoms with Crippen molar-refractivity contribution >= 4 is 57.4 Å². The molecule has 0 fully saturated rings. The Morgan fingerprint density at radius 2 is 2.00 bits per heavy atom. The highest BCUT2D eigenvalue weighted by Gasteiger charge is 2.17. The van der Waals surface area contributed by atoms with E-state index in [2.05, 4.69) is 25.6 Å². The molecule has 0 aliphatic heterocycles. The van der Waals surface area contributed by atoms with Crippen molar-refractivity contribution in [2.45, 2.75) is 19.1 Å². The number of ether oxygens (including phenoxy) is 2. The second-order valence-corrected chi connectivity index (χ2v) is 9.44. The maximum Gasteiger partial charge on any atom is 0.241 e. The molecule has 0 saturated heterocycles. The van der Waals surface area contributed by atoms with Crippen LogP contribution < -0.4 is 25.8 Å². The predicted octanol–water partition coefficient (Wildman–Crippen LogP) is 5.03. The van der Waals surface area contributed by atoms with Gasteiger partial charge in [0, 0.05) is 23.3 Å². The van der Waals surface area contributed by atoms with Gasteiger partial charge in [-0.2, -0.15) is 11.8 Å². The summed E-state index contributed by atoms with van der Waals surface area (Å²) in [5, 5.41) is 7.27. The molecule has 0 saturated carbocycles. The van der Waals surface area contributed by atoms with E-state index in [0.717, 1.165) is 11.4 Å². The number of nitrogens with two attached hydrogens (primary N) is 1. The zero-order valence-electron chi connectivity index (χ0n) is 20.4. The molecule has 2 heterocycles. The van der Waals surface area contributed by atoms with Crippen LogP contribution in [0.1, 0.15) is 12.1 Å². The van der Waals surface area contributed by atoms with Gasteiger partial charge in [-0.1, -0.05) is 17.7 Å². The predicted molar refractivity (Wildman–Crippen MR) is 149 cm³/mol. The van der Waals surface area contributed by atoms with Gasteiger partial charge in [-0.05, 0) is 54.8 Å². The Bertz CT molecular complexity index is 1380. The highest BCUT2D eigenvalue weighted by Crippen LogP contribution is 2.34. The Labute approximate surface area is 224 Å². The first-order chi connectivity index (χ1) is 18.0. The molecule has 1 atom stereocenters. The van der Waals surface area contributed by atoms with E-state index in [1.165, 1.54) is 13.4 Å². The average molecular weight is 539 g/mol. The van der Waals surface area contributed by atoms with Crippen LogP contribution in [-0.4, -0.2) is 46.0 Å². The van der Waals surface area contributed by atoms with E-state index < -0.39 is 6.04 Å². The van der Waals surface area contributed by atoms with E-state index in [-0.39, 0.29) is 5.91 Å². The molecular weight excluding hydrogens is 512 g/mol. The van der Waals surface area contributed by atoms with Gasteiger partial charge >= 0.3 is 0 Å². The van der Waals surface area contributed by atoms with E-state index in [4.69, 9.17) is 26.8 Å². The number of benzene rings is 2. The van der Waals surface area contributed by atoms with Gasteiger partial charge in [0.15, 0.2) is 0 Å². The summed E-state index contributed by atoms with van der Waals surface area (Å²) >= 11 is 8.11. The van der Waals surface area contributed by atoms with Crippen molar-refractivity contribution in [1.29, 1.82) is 0 Å². The van der Waals surface area contributed by atoms with E-state index in [9.17, 15) is 4.79 Å². The first-order valence-corrected chi connectivity index (χ1v) is 13.2. The van der Waals surface area contributed by atoms with Crippen molar-refractivity contribution in [3.05, 3.63) is 71.8 Å². The third-order valence-electron chi connectivity index (χ3n) is 5.48. The summed E-state index contributed by atoms with van der Waals surface area (Å²) in [4.78, 5) is 25.6. The van der Waals surface area contributed by atoms with Crippen LogP contribution in [0.25, 0.3) is 10.9 Å². The number of amides is 1. The Kier molecular flexibility index (Phi) is 8.99. The lowest BCUT2D eigenvalue weighted by Gasteiger charge is -2.16. The maximum absolute atomic E-state index is 12.6. The maximum atomic E-state index is 12.6. The fourth-order valence-electron chi connectivity index (χ4n) is 3.52. The number of thioether (sulfide) groups is 1. The van der Waals surface area contributed by atoms with Crippen molar-refractivity contribution < 1.29 is 14.3 Å². The third-order valence-corrected chi connectivity index (χ3v) is 6.42. The smallest absolute Gasteiger partial charge is 0.241 e. The molecule has 9 nitrogen and oxygen atoms in total. The largest absolute Gasteiger partial charge is 0.494 e. The Balaban J connectivity index is 1.55. The molecule has 2 aromatic heterocycles. The topological polar surface area (TPSA) is 124 Å². The minimum Gasteiger partial charge on any atom is -0.494 e. The van der Waals surface area contributed by atoms with Crippen molar-refractivity contribution in [3.8, 4) is 11.5 Å². The van der Waals surface area contributed by atoms with Gasteiger partial charge in [0.2, 0.25) is 5.91 Å². The highest BCUT2D eigenvalue weighted by atomic mass is 35.5. The quantitative estimate of drug-likeness (QED) is 0.241. The molecule has 0 spiro atoms. The molecular formula is C26H27ClN6O3S. The standard InChI is InChI=1S/C26H27ClN6O3S/c1-35-24-13-21-18(12-22(24)33-26(34)20(28)8-10-37-2)25(31-15-30-21)32-16-6-7-23(19(27)11-16)36-14-17-5-3-4-9-29-17/h3-7,9,11-13,15,20H,8,10,14,28H2,1-2H3,(H,33,34)(H,30,31,32). The van der Waals surface area contributed by atoms with Crippen LogP contribution in [0.2, 0.25) is 5.02 Å². The van der Waals surface area contributed by atoms with Crippen molar-refractivity contribution in [2.24, 2.45) is 5.73 Å². The minimum absolute atomic E-state index is 0.286. The normalized spacial score (nSPS) is 11.7. The van der Waals surface area contributed by atoms with Crippen LogP contribution in [0.15, 0.2) is 61.1 Å². The van der Waals surface area contributed by atoms with Gasteiger partial charge in [-0.15, -0.1) is 0 Å². The molecule has 4 N–H and O–H groups in total. The van der Waals surface area contributed by atoms with Gasteiger partial charge in [0.1, 0.15) is 30.3 Å². The fourth-order valence-corrected chi connectivity index (χ4v) is 4.24. The minimum atomic E-state index is -0.627. The van der Waals surface area contributed by atoms with E-state index in [1.54, 1.807) is 42.2 Å².